The fourth-order valence-corrected chi connectivity index (χ4v) is 4.12. The summed E-state index contributed by atoms with van der Waals surface area (Å²) in [5, 5.41) is 9.69. The van der Waals surface area contributed by atoms with Crippen LogP contribution >= 0.6 is 0 Å². The van der Waals surface area contributed by atoms with Crippen LogP contribution in [0.4, 0.5) is 5.69 Å². The Morgan fingerprint density at radius 1 is 0.941 bits per heavy atom. The predicted octanol–water partition coefficient (Wildman–Crippen LogP) is 6.04. The minimum Gasteiger partial charge on any atom is -0.491 e. The van der Waals surface area contributed by atoms with Crippen LogP contribution in [0.15, 0.2) is 78.4 Å². The molecule has 1 aliphatic rings. The summed E-state index contributed by atoms with van der Waals surface area (Å²) in [7, 11) is 0. The molecule has 0 fully saturated rings. The number of hydrogen-bond donors (Lipinski definition) is 1. The monoisotopic (exact) mass is 457 g/mol. The van der Waals surface area contributed by atoms with Crippen molar-refractivity contribution in [3.63, 3.8) is 0 Å². The summed E-state index contributed by atoms with van der Waals surface area (Å²) < 4.78 is 11.2. The number of fused-ring (bicyclic) bond motifs is 1. The van der Waals surface area contributed by atoms with Gasteiger partial charge in [0.1, 0.15) is 12.4 Å². The highest BCUT2D eigenvalue weighted by Gasteiger charge is 2.20. The Morgan fingerprint density at radius 3 is 2.44 bits per heavy atom. The van der Waals surface area contributed by atoms with Gasteiger partial charge in [0.05, 0.1) is 6.61 Å². The fourth-order valence-electron chi connectivity index (χ4n) is 4.12. The molecule has 0 atom stereocenters. The van der Waals surface area contributed by atoms with Crippen molar-refractivity contribution < 1.29 is 19.4 Å². The summed E-state index contributed by atoms with van der Waals surface area (Å²) >= 11 is 0. The van der Waals surface area contributed by atoms with Gasteiger partial charge in [-0.3, -0.25) is 0 Å². The summed E-state index contributed by atoms with van der Waals surface area (Å²) in [6.45, 7) is 5.34. The third-order valence-electron chi connectivity index (χ3n) is 5.87. The molecule has 0 aliphatic carbocycles. The van der Waals surface area contributed by atoms with Gasteiger partial charge in [0.25, 0.3) is 0 Å². The molecule has 0 bridgehead atoms. The maximum absolute atomic E-state index is 11.8. The third kappa shape index (κ3) is 6.06. The zero-order chi connectivity index (χ0) is 23.8. The van der Waals surface area contributed by atoms with Crippen LogP contribution in [0.25, 0.3) is 17.2 Å². The molecule has 0 saturated heterocycles. The number of carbonyl (C=O) groups is 1. The number of ether oxygens (including phenoxy) is 2. The summed E-state index contributed by atoms with van der Waals surface area (Å²) in [4.78, 5) is 14.1. The van der Waals surface area contributed by atoms with Crippen molar-refractivity contribution >= 4 is 17.7 Å². The second-order valence-electron chi connectivity index (χ2n) is 8.39. The molecule has 3 aromatic carbocycles. The highest BCUT2D eigenvalue weighted by molar-refractivity contribution is 5.94. The van der Waals surface area contributed by atoms with Crippen molar-refractivity contribution in [2.24, 2.45) is 0 Å². The average Bonchev–Trinajstić information content (AvgIpc) is 3.04. The van der Waals surface area contributed by atoms with Crippen LogP contribution in [0, 0.1) is 0 Å². The van der Waals surface area contributed by atoms with E-state index in [0.29, 0.717) is 31.8 Å². The van der Waals surface area contributed by atoms with E-state index in [1.165, 1.54) is 5.56 Å². The molecule has 0 aromatic heterocycles. The van der Waals surface area contributed by atoms with Crippen molar-refractivity contribution in [2.75, 3.05) is 31.3 Å². The van der Waals surface area contributed by atoms with Gasteiger partial charge in [-0.2, -0.15) is 0 Å². The first-order chi connectivity index (χ1) is 16.6. The van der Waals surface area contributed by atoms with Crippen molar-refractivity contribution in [3.05, 3.63) is 89.5 Å². The number of aliphatic carboxylic acids is 1. The third-order valence-corrected chi connectivity index (χ3v) is 5.87. The topological polar surface area (TPSA) is 59.0 Å². The highest BCUT2D eigenvalue weighted by Crippen LogP contribution is 2.33. The number of benzene rings is 3. The van der Waals surface area contributed by atoms with Gasteiger partial charge in [-0.05, 0) is 65.4 Å². The van der Waals surface area contributed by atoms with Crippen LogP contribution in [0.3, 0.4) is 0 Å². The molecule has 34 heavy (non-hydrogen) atoms. The van der Waals surface area contributed by atoms with Gasteiger partial charge in [0.15, 0.2) is 0 Å². The fraction of sp³-hybridized carbons (Fsp3) is 0.276. The second kappa shape index (κ2) is 11.5. The maximum Gasteiger partial charge on any atom is 0.331 e. The predicted molar refractivity (Wildman–Crippen MR) is 136 cm³/mol. The van der Waals surface area contributed by atoms with Gasteiger partial charge in [-0.1, -0.05) is 55.5 Å². The second-order valence-corrected chi connectivity index (χ2v) is 8.39. The van der Waals surface area contributed by atoms with E-state index < -0.39 is 5.97 Å². The Balaban J connectivity index is 1.55. The molecular formula is C29H31NO4. The molecule has 3 aromatic rings. The minimum atomic E-state index is -0.859. The maximum atomic E-state index is 11.8. The number of carboxylic acids is 1. The highest BCUT2D eigenvalue weighted by atomic mass is 16.5. The first kappa shape index (κ1) is 23.6. The number of carboxylic acid groups (broad SMARTS) is 1. The SMILES string of the molecule is CCCOCCOc1ccc(-c2ccc3c(c2)C=C(C(=O)O)CCN3Cc2ccccc2)cc1. The van der Waals surface area contributed by atoms with Crippen molar-refractivity contribution in [3.8, 4) is 16.9 Å². The van der Waals surface area contributed by atoms with Crippen molar-refractivity contribution in [1.82, 2.24) is 0 Å². The number of hydrogen-bond acceptors (Lipinski definition) is 4. The van der Waals surface area contributed by atoms with Crippen LogP contribution in [0.2, 0.25) is 0 Å². The summed E-state index contributed by atoms with van der Waals surface area (Å²) in [5.41, 5.74) is 5.71. The molecular weight excluding hydrogens is 426 g/mol. The lowest BCUT2D eigenvalue weighted by Crippen LogP contribution is -2.24. The largest absolute Gasteiger partial charge is 0.491 e. The number of nitrogens with zero attached hydrogens (tertiary/aromatic N) is 1. The van der Waals surface area contributed by atoms with E-state index in [2.05, 4.69) is 42.2 Å². The molecule has 176 valence electrons. The first-order valence-corrected chi connectivity index (χ1v) is 11.8. The minimum absolute atomic E-state index is 0.433. The van der Waals surface area contributed by atoms with Crippen LogP contribution in [-0.2, 0) is 16.1 Å². The smallest absolute Gasteiger partial charge is 0.331 e. The Hall–Kier alpha value is -3.57. The summed E-state index contributed by atoms with van der Waals surface area (Å²) in [6, 6.07) is 24.5. The van der Waals surface area contributed by atoms with Gasteiger partial charge in [0.2, 0.25) is 0 Å². The average molecular weight is 458 g/mol. The number of rotatable bonds is 10. The van der Waals surface area contributed by atoms with Crippen molar-refractivity contribution in [2.45, 2.75) is 26.3 Å². The lowest BCUT2D eigenvalue weighted by molar-refractivity contribution is -0.132. The molecule has 0 amide bonds. The Labute approximate surface area is 201 Å². The van der Waals surface area contributed by atoms with Gasteiger partial charge in [-0.15, -0.1) is 0 Å². The molecule has 0 radical (unpaired) electrons. The molecule has 0 spiro atoms. The van der Waals surface area contributed by atoms with E-state index in [0.717, 1.165) is 47.7 Å². The van der Waals surface area contributed by atoms with Gasteiger partial charge in [-0.25, -0.2) is 4.79 Å². The zero-order valence-electron chi connectivity index (χ0n) is 19.6. The Kier molecular flexibility index (Phi) is 7.99. The number of anilines is 1. The van der Waals surface area contributed by atoms with Gasteiger partial charge < -0.3 is 19.5 Å². The lowest BCUT2D eigenvalue weighted by Gasteiger charge is -2.25. The summed E-state index contributed by atoms with van der Waals surface area (Å²) in [6.07, 6.45) is 3.32. The standard InChI is InChI=1S/C29H31NO4/c1-2-16-33-17-18-34-27-11-8-23(9-12-27)24-10-13-28-26(19-24)20-25(29(31)32)14-15-30(28)21-22-6-4-3-5-7-22/h3-13,19-20H,2,14-18,21H2,1H3,(H,31,32). The summed E-state index contributed by atoms with van der Waals surface area (Å²) in [5.74, 6) is -0.0527. The lowest BCUT2D eigenvalue weighted by atomic mass is 10.00. The van der Waals surface area contributed by atoms with Crippen molar-refractivity contribution in [1.29, 1.82) is 0 Å². The molecule has 5 heteroatoms. The molecule has 0 unspecified atom stereocenters. The molecule has 0 saturated carbocycles. The Morgan fingerprint density at radius 2 is 1.71 bits per heavy atom. The van der Waals surface area contributed by atoms with Crippen LogP contribution in [0.1, 0.15) is 30.9 Å². The van der Waals surface area contributed by atoms with Gasteiger partial charge in [0, 0.05) is 31.0 Å². The first-order valence-electron chi connectivity index (χ1n) is 11.8. The molecule has 1 aliphatic heterocycles. The zero-order valence-corrected chi connectivity index (χ0v) is 19.6. The van der Waals surface area contributed by atoms with E-state index in [1.807, 2.05) is 48.5 Å². The van der Waals surface area contributed by atoms with E-state index in [9.17, 15) is 9.90 Å². The van der Waals surface area contributed by atoms with Crippen LogP contribution < -0.4 is 9.64 Å². The Bertz CT molecular complexity index is 1120. The normalized spacial score (nSPS) is 13.1. The molecule has 1 N–H and O–H groups in total. The van der Waals surface area contributed by atoms with Crippen LogP contribution in [-0.4, -0.2) is 37.4 Å². The van der Waals surface area contributed by atoms with Gasteiger partial charge >= 0.3 is 5.97 Å². The molecule has 5 nitrogen and oxygen atoms in total. The van der Waals surface area contributed by atoms with E-state index in [-0.39, 0.29) is 0 Å². The van der Waals surface area contributed by atoms with E-state index in [1.54, 1.807) is 0 Å². The van der Waals surface area contributed by atoms with Crippen LogP contribution in [0.5, 0.6) is 5.75 Å². The van der Waals surface area contributed by atoms with E-state index in [4.69, 9.17) is 9.47 Å². The molecule has 1 heterocycles. The quantitative estimate of drug-likeness (QED) is 0.376. The van der Waals surface area contributed by atoms with E-state index >= 15 is 0 Å². The molecule has 4 rings (SSSR count).